The van der Waals surface area contributed by atoms with Gasteiger partial charge in [-0.3, -0.25) is 9.89 Å². The topological polar surface area (TPSA) is 76.0 Å². The Kier molecular flexibility index (Phi) is 4.67. The van der Waals surface area contributed by atoms with E-state index in [1.807, 2.05) is 6.92 Å². The molecule has 3 heterocycles. The van der Waals surface area contributed by atoms with Gasteiger partial charge >= 0.3 is 0 Å². The number of H-pyrrole nitrogens is 1. The fourth-order valence-electron chi connectivity index (χ4n) is 3.01. The number of morpholine rings is 1. The molecule has 4 rings (SSSR count). The van der Waals surface area contributed by atoms with Crippen LogP contribution in [0, 0.1) is 12.7 Å². The Hall–Kier alpha value is -2.71. The van der Waals surface area contributed by atoms with Gasteiger partial charge in [-0.05, 0) is 25.1 Å². The molecule has 0 atom stereocenters. The predicted octanol–water partition coefficient (Wildman–Crippen LogP) is 2.56. The Labute approximate surface area is 159 Å². The van der Waals surface area contributed by atoms with Gasteiger partial charge in [-0.25, -0.2) is 19.0 Å². The van der Waals surface area contributed by atoms with Gasteiger partial charge in [0.15, 0.2) is 0 Å². The van der Waals surface area contributed by atoms with Gasteiger partial charge in [-0.1, -0.05) is 11.6 Å². The third kappa shape index (κ3) is 3.45. The summed E-state index contributed by atoms with van der Waals surface area (Å²) >= 11 is 5.78. The van der Waals surface area contributed by atoms with Gasteiger partial charge in [0.2, 0.25) is 5.95 Å². The van der Waals surface area contributed by atoms with Crippen LogP contribution in [0.4, 0.5) is 10.3 Å². The number of nitrogens with one attached hydrogen (secondary N) is 1. The van der Waals surface area contributed by atoms with Crippen molar-refractivity contribution in [3.63, 3.8) is 0 Å². The molecule has 1 aliphatic rings. The SMILES string of the molecule is Cc1nc(N2CCOCC2)ncc1-c1cc(=O)n(-c2ccc(Cl)cc2F)[nH]1. The molecule has 3 aromatic rings. The lowest BCUT2D eigenvalue weighted by Gasteiger charge is -2.27. The number of halogens is 2. The molecule has 1 aromatic carbocycles. The van der Waals surface area contributed by atoms with Gasteiger partial charge < -0.3 is 9.64 Å². The van der Waals surface area contributed by atoms with Gasteiger partial charge in [-0.2, -0.15) is 0 Å². The number of rotatable bonds is 3. The molecule has 27 heavy (non-hydrogen) atoms. The highest BCUT2D eigenvalue weighted by Gasteiger charge is 2.17. The number of nitrogens with zero attached hydrogens (tertiary/aromatic N) is 4. The van der Waals surface area contributed by atoms with Crippen LogP contribution < -0.4 is 10.5 Å². The fraction of sp³-hybridized carbons (Fsp3) is 0.278. The van der Waals surface area contributed by atoms with E-state index < -0.39 is 5.82 Å². The summed E-state index contributed by atoms with van der Waals surface area (Å²) in [5.41, 5.74) is 1.62. The van der Waals surface area contributed by atoms with E-state index in [9.17, 15) is 9.18 Å². The van der Waals surface area contributed by atoms with E-state index in [1.165, 1.54) is 18.2 Å². The van der Waals surface area contributed by atoms with Crippen molar-refractivity contribution in [1.82, 2.24) is 19.7 Å². The normalized spacial score (nSPS) is 14.6. The first kappa shape index (κ1) is 17.7. The van der Waals surface area contributed by atoms with Crippen LogP contribution in [0.15, 0.2) is 35.3 Å². The molecule has 0 radical (unpaired) electrons. The minimum atomic E-state index is -0.589. The van der Waals surface area contributed by atoms with E-state index in [1.54, 1.807) is 6.20 Å². The van der Waals surface area contributed by atoms with Gasteiger partial charge in [0, 0.05) is 35.9 Å². The zero-order chi connectivity index (χ0) is 19.0. The Morgan fingerprint density at radius 2 is 2.04 bits per heavy atom. The maximum atomic E-state index is 14.2. The number of hydrogen-bond acceptors (Lipinski definition) is 5. The summed E-state index contributed by atoms with van der Waals surface area (Å²) < 4.78 is 20.6. The van der Waals surface area contributed by atoms with Crippen molar-refractivity contribution in [1.29, 1.82) is 0 Å². The molecule has 2 aromatic heterocycles. The minimum absolute atomic E-state index is 0.0964. The molecule has 0 aliphatic carbocycles. The summed E-state index contributed by atoms with van der Waals surface area (Å²) in [5.74, 6) is 0.0405. The van der Waals surface area contributed by atoms with E-state index >= 15 is 0 Å². The number of aryl methyl sites for hydroxylation is 1. The molecule has 0 bridgehead atoms. The second-order valence-electron chi connectivity index (χ2n) is 6.21. The number of ether oxygens (including phenoxy) is 1. The fourth-order valence-corrected chi connectivity index (χ4v) is 3.17. The van der Waals surface area contributed by atoms with Crippen LogP contribution in [-0.2, 0) is 4.74 Å². The van der Waals surface area contributed by atoms with Crippen LogP contribution in [0.2, 0.25) is 5.02 Å². The van der Waals surface area contributed by atoms with Crippen LogP contribution in [0.5, 0.6) is 0 Å². The third-order valence-electron chi connectivity index (χ3n) is 4.42. The molecule has 140 valence electrons. The molecule has 0 amide bonds. The quantitative estimate of drug-likeness (QED) is 0.745. The third-order valence-corrected chi connectivity index (χ3v) is 4.66. The number of benzene rings is 1. The Bertz CT molecular complexity index is 1040. The average molecular weight is 390 g/mol. The van der Waals surface area contributed by atoms with E-state index in [-0.39, 0.29) is 16.3 Å². The zero-order valence-corrected chi connectivity index (χ0v) is 15.3. The van der Waals surface area contributed by atoms with E-state index in [2.05, 4.69) is 20.0 Å². The van der Waals surface area contributed by atoms with Crippen molar-refractivity contribution in [3.05, 3.63) is 57.3 Å². The van der Waals surface area contributed by atoms with Crippen LogP contribution >= 0.6 is 11.6 Å². The summed E-state index contributed by atoms with van der Waals surface area (Å²) in [5, 5.41) is 3.18. The highest BCUT2D eigenvalue weighted by molar-refractivity contribution is 6.30. The lowest BCUT2D eigenvalue weighted by molar-refractivity contribution is 0.122. The Balaban J connectivity index is 1.69. The van der Waals surface area contributed by atoms with E-state index in [0.29, 0.717) is 30.4 Å². The first-order valence-corrected chi connectivity index (χ1v) is 8.85. The van der Waals surface area contributed by atoms with Gasteiger partial charge in [0.1, 0.15) is 11.5 Å². The minimum Gasteiger partial charge on any atom is -0.378 e. The second-order valence-corrected chi connectivity index (χ2v) is 6.64. The summed E-state index contributed by atoms with van der Waals surface area (Å²) in [4.78, 5) is 23.4. The van der Waals surface area contributed by atoms with Crippen molar-refractivity contribution >= 4 is 17.5 Å². The van der Waals surface area contributed by atoms with Gasteiger partial charge in [-0.15, -0.1) is 0 Å². The molecule has 0 spiro atoms. The monoisotopic (exact) mass is 389 g/mol. The summed E-state index contributed by atoms with van der Waals surface area (Å²) in [7, 11) is 0. The van der Waals surface area contributed by atoms with Gasteiger partial charge in [0.25, 0.3) is 5.56 Å². The standard InChI is InChI=1S/C18H17ClFN5O2/c1-11-13(10-21-18(22-11)24-4-6-27-7-5-24)15-9-17(26)25(23-15)16-3-2-12(19)8-14(16)20/h2-3,8-10,23H,4-7H2,1H3. The number of aromatic nitrogens is 4. The molecular formula is C18H17ClFN5O2. The zero-order valence-electron chi connectivity index (χ0n) is 14.6. The molecule has 1 aliphatic heterocycles. The largest absolute Gasteiger partial charge is 0.378 e. The number of hydrogen-bond donors (Lipinski definition) is 1. The predicted molar refractivity (Wildman–Crippen MR) is 100 cm³/mol. The lowest BCUT2D eigenvalue weighted by Crippen LogP contribution is -2.37. The maximum Gasteiger partial charge on any atom is 0.271 e. The van der Waals surface area contributed by atoms with Gasteiger partial charge in [0.05, 0.1) is 24.6 Å². The number of aromatic amines is 1. The van der Waals surface area contributed by atoms with Crippen molar-refractivity contribution in [2.24, 2.45) is 0 Å². The summed E-state index contributed by atoms with van der Waals surface area (Å²) in [6.07, 6.45) is 1.67. The molecule has 1 fully saturated rings. The summed E-state index contributed by atoms with van der Waals surface area (Å²) in [6, 6.07) is 5.53. The van der Waals surface area contributed by atoms with Crippen molar-refractivity contribution in [3.8, 4) is 16.9 Å². The second kappa shape index (κ2) is 7.13. The molecular weight excluding hydrogens is 373 g/mol. The highest BCUT2D eigenvalue weighted by atomic mass is 35.5. The van der Waals surface area contributed by atoms with Crippen LogP contribution in [0.3, 0.4) is 0 Å². The molecule has 1 saturated heterocycles. The molecule has 0 unspecified atom stereocenters. The smallest absolute Gasteiger partial charge is 0.271 e. The van der Waals surface area contributed by atoms with Crippen molar-refractivity contribution in [2.45, 2.75) is 6.92 Å². The van der Waals surface area contributed by atoms with Crippen LogP contribution in [0.1, 0.15) is 5.69 Å². The Morgan fingerprint density at radius 3 is 2.74 bits per heavy atom. The van der Waals surface area contributed by atoms with Crippen LogP contribution in [0.25, 0.3) is 16.9 Å². The molecule has 1 N–H and O–H groups in total. The van der Waals surface area contributed by atoms with Crippen molar-refractivity contribution < 1.29 is 9.13 Å². The number of anilines is 1. The highest BCUT2D eigenvalue weighted by Crippen LogP contribution is 2.22. The van der Waals surface area contributed by atoms with E-state index in [0.717, 1.165) is 29.5 Å². The first-order valence-electron chi connectivity index (χ1n) is 8.47. The first-order chi connectivity index (χ1) is 13.0. The van der Waals surface area contributed by atoms with Crippen LogP contribution in [-0.4, -0.2) is 46.1 Å². The molecule has 0 saturated carbocycles. The molecule has 9 heteroatoms. The Morgan fingerprint density at radius 1 is 1.26 bits per heavy atom. The summed E-state index contributed by atoms with van der Waals surface area (Å²) in [6.45, 7) is 4.61. The molecule has 7 nitrogen and oxygen atoms in total. The van der Waals surface area contributed by atoms with Crippen molar-refractivity contribution in [2.75, 3.05) is 31.2 Å². The van der Waals surface area contributed by atoms with E-state index in [4.69, 9.17) is 16.3 Å². The lowest BCUT2D eigenvalue weighted by atomic mass is 10.2. The average Bonchev–Trinajstić information content (AvgIpc) is 3.03. The maximum absolute atomic E-state index is 14.2.